The van der Waals surface area contributed by atoms with Gasteiger partial charge < -0.3 is 19.3 Å². The van der Waals surface area contributed by atoms with Crippen LogP contribution in [0.15, 0.2) is 11.1 Å². The van der Waals surface area contributed by atoms with Gasteiger partial charge in [0.25, 0.3) is 5.56 Å². The van der Waals surface area contributed by atoms with E-state index in [1.54, 1.807) is 13.8 Å². The SMILES string of the molecule is CC(C)C(=O)Nc1nc2c(ncn2[C@H]2C[C@H](OP(N)O)[C@@H](CO)O2)c(=O)[nH]1. The van der Waals surface area contributed by atoms with Crippen molar-refractivity contribution in [3.63, 3.8) is 0 Å². The minimum absolute atomic E-state index is 0.00158. The molecule has 0 bridgehead atoms. The number of hydrogen-bond donors (Lipinski definition) is 5. The summed E-state index contributed by atoms with van der Waals surface area (Å²) in [5.41, 5.74) is 5.07. The molecule has 13 heteroatoms. The van der Waals surface area contributed by atoms with Gasteiger partial charge in [-0.1, -0.05) is 13.8 Å². The van der Waals surface area contributed by atoms with Crippen LogP contribution >= 0.6 is 8.53 Å². The summed E-state index contributed by atoms with van der Waals surface area (Å²) in [6.45, 7) is 3.09. The molecule has 6 N–H and O–H groups in total. The summed E-state index contributed by atoms with van der Waals surface area (Å²) in [6, 6.07) is 0. The molecule has 0 aromatic carbocycles. The first-order chi connectivity index (χ1) is 12.8. The lowest BCUT2D eigenvalue weighted by molar-refractivity contribution is -0.118. The van der Waals surface area contributed by atoms with Crippen molar-refractivity contribution in [3.05, 3.63) is 16.7 Å². The number of nitrogens with two attached hydrogens (primary N) is 1. The molecule has 2 aromatic rings. The number of amides is 1. The van der Waals surface area contributed by atoms with E-state index in [4.69, 9.17) is 14.8 Å². The van der Waals surface area contributed by atoms with Crippen LogP contribution in [-0.2, 0) is 14.1 Å². The molecule has 3 rings (SSSR count). The van der Waals surface area contributed by atoms with Gasteiger partial charge in [-0.05, 0) is 0 Å². The Balaban J connectivity index is 1.92. The fraction of sp³-hybridized carbons (Fsp3) is 0.571. The lowest BCUT2D eigenvalue weighted by atomic mass is 10.2. The Labute approximate surface area is 154 Å². The van der Waals surface area contributed by atoms with Crippen molar-refractivity contribution in [2.24, 2.45) is 11.4 Å². The van der Waals surface area contributed by atoms with Crippen molar-refractivity contribution in [3.8, 4) is 0 Å². The van der Waals surface area contributed by atoms with Crippen molar-refractivity contribution < 1.29 is 24.1 Å². The van der Waals surface area contributed by atoms with Gasteiger partial charge in [0.2, 0.25) is 20.4 Å². The smallest absolute Gasteiger partial charge is 0.280 e. The first-order valence-electron chi connectivity index (χ1n) is 8.24. The third kappa shape index (κ3) is 4.15. The Morgan fingerprint density at radius 3 is 3.00 bits per heavy atom. The first kappa shape index (κ1) is 19.8. The minimum Gasteiger partial charge on any atom is -0.394 e. The molecule has 1 aliphatic rings. The number of carbonyl (C=O) groups excluding carboxylic acids is 1. The van der Waals surface area contributed by atoms with Gasteiger partial charge in [-0.15, -0.1) is 0 Å². The van der Waals surface area contributed by atoms with Gasteiger partial charge in [0.15, 0.2) is 11.2 Å². The van der Waals surface area contributed by atoms with Gasteiger partial charge >= 0.3 is 0 Å². The van der Waals surface area contributed by atoms with Crippen molar-refractivity contribution in [2.75, 3.05) is 11.9 Å². The summed E-state index contributed by atoms with van der Waals surface area (Å²) >= 11 is 0. The summed E-state index contributed by atoms with van der Waals surface area (Å²) in [7, 11) is -2.12. The largest absolute Gasteiger partial charge is 0.394 e. The van der Waals surface area contributed by atoms with E-state index in [0.29, 0.717) is 0 Å². The summed E-state index contributed by atoms with van der Waals surface area (Å²) < 4.78 is 12.5. The minimum atomic E-state index is -2.12. The number of aliphatic hydroxyl groups is 1. The normalized spacial score (nSPS) is 23.9. The van der Waals surface area contributed by atoms with Crippen LogP contribution in [0.4, 0.5) is 5.95 Å². The molecule has 27 heavy (non-hydrogen) atoms. The number of H-pyrrole nitrogens is 1. The van der Waals surface area contributed by atoms with E-state index in [1.165, 1.54) is 10.9 Å². The van der Waals surface area contributed by atoms with E-state index < -0.39 is 32.5 Å². The van der Waals surface area contributed by atoms with Crippen LogP contribution in [0.25, 0.3) is 11.2 Å². The Bertz CT molecular complexity index is 883. The van der Waals surface area contributed by atoms with Gasteiger partial charge in [0.05, 0.1) is 19.0 Å². The number of carbonyl (C=O) groups is 1. The molecule has 3 heterocycles. The molecule has 1 saturated heterocycles. The fourth-order valence-corrected chi connectivity index (χ4v) is 3.24. The molecule has 0 saturated carbocycles. The number of aliphatic hydroxyl groups excluding tert-OH is 1. The van der Waals surface area contributed by atoms with Crippen LogP contribution in [0.1, 0.15) is 26.5 Å². The number of nitrogens with one attached hydrogen (secondary N) is 2. The van der Waals surface area contributed by atoms with Crippen LogP contribution in [-0.4, -0.2) is 54.2 Å². The third-order valence-electron chi connectivity index (χ3n) is 4.11. The third-order valence-corrected chi connectivity index (χ3v) is 4.60. The molecule has 4 atom stereocenters. The monoisotopic (exact) mass is 400 g/mol. The predicted octanol–water partition coefficient (Wildman–Crippen LogP) is -0.443. The number of nitrogens with zero attached hydrogens (tertiary/aromatic N) is 3. The maximum Gasteiger partial charge on any atom is 0.280 e. The average Bonchev–Trinajstić information content (AvgIpc) is 3.18. The second-order valence-electron chi connectivity index (χ2n) is 6.38. The van der Waals surface area contributed by atoms with Crippen molar-refractivity contribution in [2.45, 2.75) is 38.7 Å². The van der Waals surface area contributed by atoms with Crippen LogP contribution in [0, 0.1) is 5.92 Å². The van der Waals surface area contributed by atoms with E-state index in [1.807, 2.05) is 0 Å². The number of rotatable bonds is 6. The number of anilines is 1. The van der Waals surface area contributed by atoms with Crippen LogP contribution in [0.5, 0.6) is 0 Å². The Morgan fingerprint density at radius 1 is 1.63 bits per heavy atom. The fourth-order valence-electron chi connectivity index (χ4n) is 2.74. The molecule has 148 valence electrons. The van der Waals surface area contributed by atoms with Gasteiger partial charge in [-0.25, -0.2) is 4.98 Å². The highest BCUT2D eigenvalue weighted by Gasteiger charge is 2.38. The number of fused-ring (bicyclic) bond motifs is 1. The number of aromatic amines is 1. The molecular weight excluding hydrogens is 379 g/mol. The Hall–Kier alpha value is -1.95. The van der Waals surface area contributed by atoms with E-state index in [-0.39, 0.29) is 42.0 Å². The molecule has 1 unspecified atom stereocenters. The molecule has 0 radical (unpaired) electrons. The highest BCUT2D eigenvalue weighted by Crippen LogP contribution is 2.37. The molecule has 0 aliphatic carbocycles. The summed E-state index contributed by atoms with van der Waals surface area (Å²) in [5, 5.41) is 12.0. The Kier molecular flexibility index (Phi) is 5.84. The summed E-state index contributed by atoms with van der Waals surface area (Å²) in [5.74, 6) is -0.589. The quantitative estimate of drug-likeness (QED) is 0.402. The van der Waals surface area contributed by atoms with Crippen LogP contribution < -0.4 is 16.4 Å². The number of hydrogen-bond acceptors (Lipinski definition) is 9. The van der Waals surface area contributed by atoms with Gasteiger partial charge in [-0.2, -0.15) is 4.98 Å². The number of ether oxygens (including phenoxy) is 1. The van der Waals surface area contributed by atoms with Crippen molar-refractivity contribution >= 4 is 31.5 Å². The number of aromatic nitrogens is 4. The molecule has 1 fully saturated rings. The molecular formula is C14H21N6O6P. The molecule has 1 amide bonds. The second kappa shape index (κ2) is 7.97. The highest BCUT2D eigenvalue weighted by molar-refractivity contribution is 7.43. The van der Waals surface area contributed by atoms with Gasteiger partial charge in [0, 0.05) is 12.3 Å². The number of imidazole rings is 1. The average molecular weight is 400 g/mol. The molecule has 1 aliphatic heterocycles. The zero-order valence-electron chi connectivity index (χ0n) is 14.7. The lowest BCUT2D eigenvalue weighted by Gasteiger charge is -2.16. The van der Waals surface area contributed by atoms with Crippen LogP contribution in [0.3, 0.4) is 0 Å². The van der Waals surface area contributed by atoms with Gasteiger partial charge in [-0.3, -0.25) is 30.0 Å². The van der Waals surface area contributed by atoms with Crippen molar-refractivity contribution in [1.29, 1.82) is 0 Å². The van der Waals surface area contributed by atoms with Crippen LogP contribution in [0.2, 0.25) is 0 Å². The Morgan fingerprint density at radius 2 is 2.37 bits per heavy atom. The first-order valence-corrected chi connectivity index (χ1v) is 9.52. The van der Waals surface area contributed by atoms with E-state index in [0.717, 1.165) is 0 Å². The topological polar surface area (TPSA) is 178 Å². The predicted molar refractivity (Wildman–Crippen MR) is 95.4 cm³/mol. The zero-order chi connectivity index (χ0) is 19.7. The summed E-state index contributed by atoms with van der Waals surface area (Å²) in [6.07, 6.45) is -0.326. The zero-order valence-corrected chi connectivity index (χ0v) is 15.6. The summed E-state index contributed by atoms with van der Waals surface area (Å²) in [4.78, 5) is 44.2. The maximum atomic E-state index is 12.2. The molecule has 0 spiro atoms. The van der Waals surface area contributed by atoms with E-state index in [2.05, 4.69) is 20.3 Å². The van der Waals surface area contributed by atoms with E-state index >= 15 is 0 Å². The lowest BCUT2D eigenvalue weighted by Crippen LogP contribution is -2.27. The van der Waals surface area contributed by atoms with E-state index in [9.17, 15) is 19.6 Å². The standard InChI is InChI=1S/C14H21N6O6P/c1-6(2)12(22)18-14-17-11-10(13(23)19-14)16-5-20(11)9-3-7(26-27(15)24)8(4-21)25-9/h5-9,21,24H,3-4,15H2,1-2H3,(H2,17,18,19,22,23)/t7-,8+,9+,27?/m0/s1. The second-order valence-corrected chi connectivity index (χ2v) is 7.19. The highest BCUT2D eigenvalue weighted by atomic mass is 31.2. The molecule has 12 nitrogen and oxygen atoms in total. The van der Waals surface area contributed by atoms with Crippen molar-refractivity contribution in [1.82, 2.24) is 19.5 Å². The van der Waals surface area contributed by atoms with Gasteiger partial charge in [0.1, 0.15) is 12.3 Å². The molecule has 2 aromatic heterocycles. The maximum absolute atomic E-state index is 12.2.